The first-order chi connectivity index (χ1) is 14.5. The Labute approximate surface area is 178 Å². The first-order valence-electron chi connectivity index (χ1n) is 10.4. The third kappa shape index (κ3) is 4.23. The number of ether oxygens (including phenoxy) is 1. The second-order valence-corrected chi connectivity index (χ2v) is 10.2. The van der Waals surface area contributed by atoms with Crippen LogP contribution in [0.4, 0.5) is 5.69 Å². The van der Waals surface area contributed by atoms with Crippen LogP contribution in [0.1, 0.15) is 29.6 Å². The van der Waals surface area contributed by atoms with Gasteiger partial charge in [-0.05, 0) is 55.7 Å². The predicted octanol–water partition coefficient (Wildman–Crippen LogP) is 2.99. The van der Waals surface area contributed by atoms with Crippen molar-refractivity contribution in [2.75, 3.05) is 38.2 Å². The van der Waals surface area contributed by atoms with Crippen molar-refractivity contribution < 1.29 is 17.9 Å². The van der Waals surface area contributed by atoms with Gasteiger partial charge in [0.25, 0.3) is 5.91 Å². The summed E-state index contributed by atoms with van der Waals surface area (Å²) in [6.07, 6.45) is 2.21. The lowest BCUT2D eigenvalue weighted by atomic mass is 10.1. The fourth-order valence-corrected chi connectivity index (χ4v) is 6.08. The minimum absolute atomic E-state index is 0.0340. The highest BCUT2D eigenvalue weighted by molar-refractivity contribution is 7.92. The number of rotatable bonds is 5. The van der Waals surface area contributed by atoms with Crippen LogP contribution in [0.2, 0.25) is 0 Å². The van der Waals surface area contributed by atoms with Gasteiger partial charge in [-0.25, -0.2) is 8.42 Å². The molecule has 2 aliphatic heterocycles. The third-order valence-electron chi connectivity index (χ3n) is 6.20. The number of piperidine rings is 1. The smallest absolute Gasteiger partial charge is 0.253 e. The van der Waals surface area contributed by atoms with E-state index in [1.54, 1.807) is 36.3 Å². The summed E-state index contributed by atoms with van der Waals surface area (Å²) >= 11 is 0. The third-order valence-corrected chi connectivity index (χ3v) is 8.48. The van der Waals surface area contributed by atoms with Crippen LogP contribution in [0.15, 0.2) is 59.5 Å². The maximum absolute atomic E-state index is 12.9. The highest BCUT2D eigenvalue weighted by Crippen LogP contribution is 2.26. The molecule has 160 valence electrons. The molecule has 2 aromatic carbocycles. The van der Waals surface area contributed by atoms with E-state index in [-0.39, 0.29) is 12.0 Å². The van der Waals surface area contributed by atoms with E-state index in [1.807, 2.05) is 30.3 Å². The first-order valence-corrected chi connectivity index (χ1v) is 12.0. The number of hydrogen-bond donors (Lipinski definition) is 0. The van der Waals surface area contributed by atoms with Crippen LogP contribution in [0, 0.1) is 0 Å². The van der Waals surface area contributed by atoms with Crippen LogP contribution in [0.25, 0.3) is 0 Å². The van der Waals surface area contributed by atoms with Crippen LogP contribution in [0.5, 0.6) is 0 Å². The summed E-state index contributed by atoms with van der Waals surface area (Å²) < 4.78 is 31.1. The molecular formula is C23H28N2O4S. The molecule has 2 heterocycles. The second kappa shape index (κ2) is 8.78. The number of amides is 1. The van der Waals surface area contributed by atoms with Gasteiger partial charge in [-0.15, -0.1) is 0 Å². The van der Waals surface area contributed by atoms with Gasteiger partial charge < -0.3 is 14.5 Å². The largest absolute Gasteiger partial charge is 0.380 e. The highest BCUT2D eigenvalue weighted by Gasteiger charge is 2.33. The quantitative estimate of drug-likeness (QED) is 0.733. The molecule has 6 nitrogen and oxygen atoms in total. The standard InChI is InChI=1S/C23H28N2O4S/c1-29-20-11-14-25(17-20)19-9-7-18(8-10-19)23(26)24-15-12-22(13-16-24)30(27,28)21-5-3-2-4-6-21/h2-10,20,22H,11-17H2,1H3. The van der Waals surface area contributed by atoms with Gasteiger partial charge >= 0.3 is 0 Å². The molecule has 0 N–H and O–H groups in total. The number of benzene rings is 2. The van der Waals surface area contributed by atoms with Crippen LogP contribution in [0.3, 0.4) is 0 Å². The van der Waals surface area contributed by atoms with Gasteiger partial charge in [0.05, 0.1) is 16.2 Å². The molecule has 2 aromatic rings. The Morgan fingerprint density at radius 2 is 1.60 bits per heavy atom. The molecule has 1 atom stereocenters. The van der Waals surface area contributed by atoms with Gasteiger partial charge in [0, 0.05) is 44.5 Å². The first kappa shape index (κ1) is 20.9. The second-order valence-electron chi connectivity index (χ2n) is 7.99. The van der Waals surface area contributed by atoms with Crippen molar-refractivity contribution in [3.05, 3.63) is 60.2 Å². The van der Waals surface area contributed by atoms with E-state index < -0.39 is 15.1 Å². The van der Waals surface area contributed by atoms with Gasteiger partial charge in [0.15, 0.2) is 9.84 Å². The Kier molecular flexibility index (Phi) is 6.11. The molecule has 0 bridgehead atoms. The normalized spacial score (nSPS) is 20.5. The van der Waals surface area contributed by atoms with E-state index in [1.165, 1.54) is 0 Å². The molecule has 0 radical (unpaired) electrons. The summed E-state index contributed by atoms with van der Waals surface area (Å²) in [5.41, 5.74) is 1.74. The lowest BCUT2D eigenvalue weighted by Crippen LogP contribution is -2.42. The van der Waals surface area contributed by atoms with Crippen LogP contribution < -0.4 is 4.90 Å². The summed E-state index contributed by atoms with van der Waals surface area (Å²) in [5, 5.41) is -0.435. The fourth-order valence-electron chi connectivity index (χ4n) is 4.32. The summed E-state index contributed by atoms with van der Waals surface area (Å²) in [6.45, 7) is 2.74. The zero-order chi connectivity index (χ0) is 21.1. The van der Waals surface area contributed by atoms with Gasteiger partial charge in [-0.2, -0.15) is 0 Å². The Morgan fingerprint density at radius 3 is 2.20 bits per heavy atom. The van der Waals surface area contributed by atoms with Crippen LogP contribution >= 0.6 is 0 Å². The molecule has 1 amide bonds. The molecule has 1 unspecified atom stereocenters. The Hall–Kier alpha value is -2.38. The predicted molar refractivity (Wildman–Crippen MR) is 117 cm³/mol. The van der Waals surface area contributed by atoms with Gasteiger partial charge in [-0.1, -0.05) is 18.2 Å². The number of anilines is 1. The number of methoxy groups -OCH3 is 1. The van der Waals surface area contributed by atoms with E-state index in [0.29, 0.717) is 36.4 Å². The maximum Gasteiger partial charge on any atom is 0.253 e. The fraction of sp³-hybridized carbons (Fsp3) is 0.435. The summed E-state index contributed by atoms with van der Waals surface area (Å²) in [7, 11) is -1.61. The van der Waals surface area contributed by atoms with Crippen molar-refractivity contribution in [3.8, 4) is 0 Å². The van der Waals surface area contributed by atoms with E-state index in [0.717, 1.165) is 25.2 Å². The highest BCUT2D eigenvalue weighted by atomic mass is 32.2. The van der Waals surface area contributed by atoms with E-state index in [4.69, 9.17) is 4.74 Å². The molecule has 30 heavy (non-hydrogen) atoms. The molecule has 0 saturated carbocycles. The number of likely N-dealkylation sites (tertiary alicyclic amines) is 1. The number of carbonyl (C=O) groups excluding carboxylic acids is 1. The lowest BCUT2D eigenvalue weighted by Gasteiger charge is -2.32. The van der Waals surface area contributed by atoms with Crippen molar-refractivity contribution in [3.63, 3.8) is 0 Å². The average molecular weight is 429 g/mol. The summed E-state index contributed by atoms with van der Waals surface area (Å²) in [5.74, 6) is -0.0340. The van der Waals surface area contributed by atoms with Crippen LogP contribution in [-0.2, 0) is 14.6 Å². The number of hydrogen-bond acceptors (Lipinski definition) is 5. The number of nitrogens with zero attached hydrogens (tertiary/aromatic N) is 2. The number of carbonyl (C=O) groups is 1. The zero-order valence-electron chi connectivity index (χ0n) is 17.2. The molecule has 0 aromatic heterocycles. The van der Waals surface area contributed by atoms with Crippen molar-refractivity contribution in [1.29, 1.82) is 0 Å². The number of sulfone groups is 1. The molecule has 7 heteroatoms. The van der Waals surface area contributed by atoms with E-state index in [2.05, 4.69) is 4.90 Å². The monoisotopic (exact) mass is 428 g/mol. The summed E-state index contributed by atoms with van der Waals surface area (Å²) in [6, 6.07) is 16.3. The van der Waals surface area contributed by atoms with Gasteiger partial charge in [0.2, 0.25) is 0 Å². The molecule has 2 saturated heterocycles. The average Bonchev–Trinajstić information content (AvgIpc) is 3.29. The van der Waals surface area contributed by atoms with Gasteiger partial charge in [0.1, 0.15) is 0 Å². The van der Waals surface area contributed by atoms with Crippen molar-refractivity contribution in [2.45, 2.75) is 35.5 Å². The molecule has 4 rings (SSSR count). The molecule has 2 aliphatic rings. The van der Waals surface area contributed by atoms with Crippen molar-refractivity contribution in [1.82, 2.24) is 4.90 Å². The maximum atomic E-state index is 12.9. The minimum atomic E-state index is -3.35. The molecular weight excluding hydrogens is 400 g/mol. The Bertz CT molecular complexity index is 968. The zero-order valence-corrected chi connectivity index (χ0v) is 18.1. The molecule has 2 fully saturated rings. The van der Waals surface area contributed by atoms with Crippen molar-refractivity contribution >= 4 is 21.4 Å². The van der Waals surface area contributed by atoms with Gasteiger partial charge in [-0.3, -0.25) is 4.79 Å². The topological polar surface area (TPSA) is 66.9 Å². The van der Waals surface area contributed by atoms with E-state index in [9.17, 15) is 13.2 Å². The van der Waals surface area contributed by atoms with E-state index >= 15 is 0 Å². The lowest BCUT2D eigenvalue weighted by molar-refractivity contribution is 0.0725. The summed E-state index contributed by atoms with van der Waals surface area (Å²) in [4.78, 5) is 17.3. The SMILES string of the molecule is COC1CCN(c2ccc(C(=O)N3CCC(S(=O)(=O)c4ccccc4)CC3)cc2)C1. The Morgan fingerprint density at radius 1 is 0.933 bits per heavy atom. The molecule has 0 aliphatic carbocycles. The minimum Gasteiger partial charge on any atom is -0.380 e. The van der Waals surface area contributed by atoms with Crippen molar-refractivity contribution in [2.24, 2.45) is 0 Å². The molecule has 0 spiro atoms. The van der Waals surface area contributed by atoms with Crippen LogP contribution in [-0.4, -0.2) is 63.9 Å². The Balaban J connectivity index is 1.36.